The number of quaternary nitrogens is 1. The molecule has 2 aromatic carbocycles. The average Bonchev–Trinajstić information content (AvgIpc) is 3.84. The molecule has 3 unspecified atom stereocenters. The van der Waals surface area contributed by atoms with Crippen molar-refractivity contribution in [3.63, 3.8) is 0 Å². The molecule has 7 rings (SSSR count). The molecule has 52 heavy (non-hydrogen) atoms. The molecule has 0 bridgehead atoms. The molecule has 10 nitrogen and oxygen atoms in total. The summed E-state index contributed by atoms with van der Waals surface area (Å²) in [5.41, 5.74) is 5.67. The molecule has 0 radical (unpaired) electrons. The highest BCUT2D eigenvalue weighted by molar-refractivity contribution is 5.93. The Morgan fingerprint density at radius 2 is 1.75 bits per heavy atom. The third kappa shape index (κ3) is 5.69. The lowest BCUT2D eigenvalue weighted by molar-refractivity contribution is -0.912. The van der Waals surface area contributed by atoms with E-state index < -0.39 is 45.5 Å². The Kier molecular flexibility index (Phi) is 9.91. The number of carbonyl (C=O) groups is 3. The Balaban J connectivity index is 1.40. The molecule has 3 N–H and O–H groups in total. The fourth-order valence-electron chi connectivity index (χ4n) is 10.3. The first-order chi connectivity index (χ1) is 25.2. The monoisotopic (exact) mass is 709 g/mol. The normalized spacial score (nSPS) is 30.0. The standard InChI is InChI=1S/C42H52N4O6/c1-4-30-25-42(30,40(49)50)46(38(47)37(29-17-11-7-12-18-29)45-21-13-8-14-22-45)27-32(26-41(46,5-2)39(43)48)52-36-24-34(28-15-9-6-10-16-28)44-35-23-31(51-3)19-20-33(35)36/h4,6,9-10,15-16,19-20,23-24,29-30,32,37H,1,5,7-8,11-14,17-18,21-22,25-27H2,2-3H3,(H2-,43,48,49,50)/p+1/t30?,32-,37+,41+,42?,46?/m1/s1. The third-order valence-corrected chi connectivity index (χ3v) is 13.0. The maximum Gasteiger partial charge on any atom is 0.366 e. The van der Waals surface area contributed by atoms with Crippen LogP contribution in [0.1, 0.15) is 77.6 Å². The van der Waals surface area contributed by atoms with Crippen molar-refractivity contribution in [2.24, 2.45) is 17.6 Å². The average molecular weight is 710 g/mol. The van der Waals surface area contributed by atoms with Crippen LogP contribution in [0.4, 0.5) is 0 Å². The number of primary amides is 1. The van der Waals surface area contributed by atoms with Crippen molar-refractivity contribution in [3.05, 3.63) is 67.3 Å². The van der Waals surface area contributed by atoms with Gasteiger partial charge in [-0.25, -0.2) is 19.1 Å². The number of likely N-dealkylation sites (tertiary alicyclic amines) is 2. The molecule has 2 aliphatic carbocycles. The van der Waals surface area contributed by atoms with Gasteiger partial charge in [-0.3, -0.25) is 9.69 Å². The van der Waals surface area contributed by atoms with Crippen LogP contribution in [0.5, 0.6) is 11.5 Å². The van der Waals surface area contributed by atoms with E-state index in [9.17, 15) is 14.7 Å². The van der Waals surface area contributed by atoms with E-state index in [1.165, 1.54) is 0 Å². The van der Waals surface area contributed by atoms with Gasteiger partial charge in [0.15, 0.2) is 11.6 Å². The number of hydrogen-bond acceptors (Lipinski definition) is 7. The molecule has 4 aliphatic rings. The van der Waals surface area contributed by atoms with Crippen molar-refractivity contribution in [1.82, 2.24) is 9.88 Å². The number of amides is 2. The van der Waals surface area contributed by atoms with Gasteiger partial charge in [-0.15, -0.1) is 6.58 Å². The number of hydrogen-bond donors (Lipinski definition) is 2. The molecule has 6 atom stereocenters. The SMILES string of the molecule is C=CC1CC1(C(=O)O)[N+]1(C(=O)[C@H](C2CCCCC2)N2CCCCC2)C[C@H](Oc2cc(-c3ccccc3)nc3cc(OC)ccc23)C[C@@]1(CC)C(N)=O. The van der Waals surface area contributed by atoms with E-state index in [0.717, 1.165) is 75.4 Å². The number of carboxylic acid groups (broad SMARTS) is 1. The lowest BCUT2D eigenvalue weighted by Crippen LogP contribution is -2.79. The number of rotatable bonds is 12. The van der Waals surface area contributed by atoms with Gasteiger partial charge < -0.3 is 20.3 Å². The van der Waals surface area contributed by atoms with Crippen LogP contribution in [0.2, 0.25) is 0 Å². The number of fused-ring (bicyclic) bond motifs is 1. The quantitative estimate of drug-likeness (QED) is 0.161. The first-order valence-electron chi connectivity index (χ1n) is 19.2. The van der Waals surface area contributed by atoms with Crippen LogP contribution in [0, 0.1) is 11.8 Å². The van der Waals surface area contributed by atoms with Gasteiger partial charge in [0.2, 0.25) is 5.54 Å². The Morgan fingerprint density at radius 3 is 2.37 bits per heavy atom. The number of aromatic nitrogens is 1. The van der Waals surface area contributed by atoms with Crippen molar-refractivity contribution in [1.29, 1.82) is 0 Å². The minimum absolute atomic E-state index is 0.0178. The Labute approximate surface area is 306 Å². The highest BCUT2D eigenvalue weighted by Gasteiger charge is 2.85. The van der Waals surface area contributed by atoms with Crippen LogP contribution in [-0.4, -0.2) is 87.2 Å². The molecule has 2 saturated heterocycles. The van der Waals surface area contributed by atoms with Crippen molar-refractivity contribution >= 4 is 28.7 Å². The predicted molar refractivity (Wildman–Crippen MR) is 200 cm³/mol. The third-order valence-electron chi connectivity index (χ3n) is 13.0. The van der Waals surface area contributed by atoms with Gasteiger partial charge in [0, 0.05) is 35.9 Å². The van der Waals surface area contributed by atoms with Gasteiger partial charge in [-0.05, 0) is 56.8 Å². The second-order valence-corrected chi connectivity index (χ2v) is 15.5. The molecule has 4 fully saturated rings. The van der Waals surface area contributed by atoms with Gasteiger partial charge in [0.25, 0.3) is 5.91 Å². The van der Waals surface area contributed by atoms with Gasteiger partial charge >= 0.3 is 11.9 Å². The lowest BCUT2D eigenvalue weighted by Gasteiger charge is -2.52. The molecular formula is C42H53N4O6+. The number of nitrogens with zero attached hydrogens (tertiary/aromatic N) is 3. The Hall–Kier alpha value is -4.28. The predicted octanol–water partition coefficient (Wildman–Crippen LogP) is 6.50. The summed E-state index contributed by atoms with van der Waals surface area (Å²) in [5.74, 6) is -1.14. The zero-order valence-electron chi connectivity index (χ0n) is 30.6. The molecule has 1 aromatic heterocycles. The van der Waals surface area contributed by atoms with Crippen LogP contribution in [0.15, 0.2) is 67.3 Å². The summed E-state index contributed by atoms with van der Waals surface area (Å²) in [4.78, 5) is 51.3. The van der Waals surface area contributed by atoms with Crippen LogP contribution < -0.4 is 15.2 Å². The summed E-state index contributed by atoms with van der Waals surface area (Å²) < 4.78 is 12.0. The summed E-state index contributed by atoms with van der Waals surface area (Å²) in [5, 5.41) is 12.0. The molecule has 0 spiro atoms. The number of piperidine rings is 1. The number of ether oxygens (including phenoxy) is 2. The largest absolute Gasteiger partial charge is 0.497 e. The van der Waals surface area contributed by atoms with Crippen molar-refractivity contribution in [3.8, 4) is 22.8 Å². The topological polar surface area (TPSA) is 132 Å². The Morgan fingerprint density at radius 1 is 1.04 bits per heavy atom. The molecule has 3 aromatic rings. The van der Waals surface area contributed by atoms with E-state index in [2.05, 4.69) is 11.5 Å². The summed E-state index contributed by atoms with van der Waals surface area (Å²) in [7, 11) is 1.61. The molecule has 3 heterocycles. The van der Waals surface area contributed by atoms with E-state index in [-0.39, 0.29) is 37.6 Å². The maximum absolute atomic E-state index is 16.1. The number of carbonyl (C=O) groups excluding carboxylic acids is 2. The summed E-state index contributed by atoms with van der Waals surface area (Å²) in [6.07, 6.45) is 9.57. The number of nitrogens with two attached hydrogens (primary N) is 1. The van der Waals surface area contributed by atoms with Gasteiger partial charge in [-0.2, -0.15) is 0 Å². The number of methoxy groups -OCH3 is 1. The van der Waals surface area contributed by atoms with E-state index in [1.807, 2.05) is 61.5 Å². The van der Waals surface area contributed by atoms with Crippen LogP contribution >= 0.6 is 0 Å². The first kappa shape index (κ1) is 36.1. The van der Waals surface area contributed by atoms with Crippen LogP contribution in [0.3, 0.4) is 0 Å². The molecule has 2 saturated carbocycles. The fourth-order valence-corrected chi connectivity index (χ4v) is 10.3. The minimum atomic E-state index is -1.58. The van der Waals surface area contributed by atoms with E-state index >= 15 is 4.79 Å². The fraction of sp³-hybridized carbons (Fsp3) is 0.524. The summed E-state index contributed by atoms with van der Waals surface area (Å²) in [6.45, 7) is 7.46. The first-order valence-corrected chi connectivity index (χ1v) is 19.2. The van der Waals surface area contributed by atoms with Crippen LogP contribution in [-0.2, 0) is 14.4 Å². The lowest BCUT2D eigenvalue weighted by atomic mass is 9.79. The second-order valence-electron chi connectivity index (χ2n) is 15.5. The molecule has 276 valence electrons. The smallest absolute Gasteiger partial charge is 0.366 e. The molecule has 10 heteroatoms. The van der Waals surface area contributed by atoms with E-state index in [0.29, 0.717) is 22.7 Å². The van der Waals surface area contributed by atoms with Gasteiger partial charge in [-0.1, -0.05) is 69.0 Å². The second kappa shape index (κ2) is 14.3. The summed E-state index contributed by atoms with van der Waals surface area (Å²) >= 11 is 0. The number of benzene rings is 2. The number of aliphatic carboxylic acids is 1. The van der Waals surface area contributed by atoms with E-state index in [1.54, 1.807) is 13.2 Å². The summed E-state index contributed by atoms with van der Waals surface area (Å²) in [6, 6.07) is 16.8. The maximum atomic E-state index is 16.1. The zero-order chi connectivity index (χ0) is 36.7. The number of pyridine rings is 1. The zero-order valence-corrected chi connectivity index (χ0v) is 30.6. The highest BCUT2D eigenvalue weighted by Crippen LogP contribution is 2.62. The Bertz CT molecular complexity index is 1820. The van der Waals surface area contributed by atoms with Gasteiger partial charge in [0.05, 0.1) is 30.7 Å². The number of carboxylic acids is 1. The van der Waals surface area contributed by atoms with Crippen molar-refractivity contribution in [2.45, 2.75) is 101 Å². The van der Waals surface area contributed by atoms with Crippen LogP contribution in [0.25, 0.3) is 22.2 Å². The molecule has 2 aliphatic heterocycles. The molecule has 2 amide bonds. The molecular weight excluding hydrogens is 656 g/mol. The van der Waals surface area contributed by atoms with Crippen molar-refractivity contribution < 1.29 is 33.4 Å². The van der Waals surface area contributed by atoms with E-state index in [4.69, 9.17) is 20.2 Å². The van der Waals surface area contributed by atoms with Crippen molar-refractivity contribution in [2.75, 3.05) is 26.7 Å². The highest BCUT2D eigenvalue weighted by atomic mass is 16.5. The minimum Gasteiger partial charge on any atom is -0.497 e. The van der Waals surface area contributed by atoms with Gasteiger partial charge in [0.1, 0.15) is 24.1 Å².